The third-order valence-corrected chi connectivity index (χ3v) is 5.66. The molecule has 0 aliphatic carbocycles. The molecule has 0 radical (unpaired) electrons. The lowest BCUT2D eigenvalue weighted by Gasteiger charge is -2.25. The van der Waals surface area contributed by atoms with Gasteiger partial charge in [0.25, 0.3) is 17.4 Å². The molecule has 1 saturated heterocycles. The van der Waals surface area contributed by atoms with Crippen molar-refractivity contribution < 1.29 is 29.1 Å². The van der Waals surface area contributed by atoms with Crippen LogP contribution in [0, 0.1) is 10.1 Å². The first kappa shape index (κ1) is 23.5. The summed E-state index contributed by atoms with van der Waals surface area (Å²) in [5.41, 5.74) is 0.159. The predicted octanol–water partition coefficient (Wildman–Crippen LogP) is 4.63. The molecule has 1 heterocycles. The molecule has 3 aromatic rings. The van der Waals surface area contributed by atoms with Crippen molar-refractivity contribution in [2.24, 2.45) is 0 Å². The number of amides is 1. The number of ketones is 1. The lowest BCUT2D eigenvalue weighted by atomic mass is 9.94. The van der Waals surface area contributed by atoms with E-state index in [2.05, 4.69) is 0 Å². The molecule has 1 amide bonds. The van der Waals surface area contributed by atoms with Crippen molar-refractivity contribution in [3.05, 3.63) is 99.6 Å². The van der Waals surface area contributed by atoms with Crippen LogP contribution in [0.15, 0.2) is 78.4 Å². The molecule has 1 N–H and O–H groups in total. The average molecular weight is 474 g/mol. The fourth-order valence-electron chi connectivity index (χ4n) is 4.05. The van der Waals surface area contributed by atoms with E-state index in [0.717, 1.165) is 4.90 Å². The number of nitro benzene ring substituents is 1. The van der Waals surface area contributed by atoms with E-state index in [9.17, 15) is 24.8 Å². The molecule has 4 rings (SSSR count). The van der Waals surface area contributed by atoms with Crippen LogP contribution in [0.25, 0.3) is 5.76 Å². The third kappa shape index (κ3) is 4.31. The minimum atomic E-state index is -1.23. The van der Waals surface area contributed by atoms with E-state index in [4.69, 9.17) is 9.47 Å². The van der Waals surface area contributed by atoms with Gasteiger partial charge in [-0.05, 0) is 61.5 Å². The Kier molecular flexibility index (Phi) is 6.50. The lowest BCUT2D eigenvalue weighted by Crippen LogP contribution is -2.29. The number of ether oxygens (including phenoxy) is 2. The molecule has 0 bridgehead atoms. The van der Waals surface area contributed by atoms with E-state index < -0.39 is 28.4 Å². The summed E-state index contributed by atoms with van der Waals surface area (Å²) in [4.78, 5) is 38.8. The van der Waals surface area contributed by atoms with Gasteiger partial charge in [-0.25, -0.2) is 0 Å². The number of benzene rings is 3. The van der Waals surface area contributed by atoms with Crippen LogP contribution >= 0.6 is 0 Å². The van der Waals surface area contributed by atoms with Crippen molar-refractivity contribution in [1.29, 1.82) is 0 Å². The van der Waals surface area contributed by atoms with Gasteiger partial charge in [0.1, 0.15) is 23.3 Å². The Bertz CT molecular complexity index is 1310. The van der Waals surface area contributed by atoms with E-state index in [1.54, 1.807) is 54.6 Å². The number of nitro groups is 1. The number of carbonyl (C=O) groups is 2. The van der Waals surface area contributed by atoms with Crippen molar-refractivity contribution in [1.82, 2.24) is 0 Å². The van der Waals surface area contributed by atoms with Crippen molar-refractivity contribution in [3.63, 3.8) is 0 Å². The quantitative estimate of drug-likeness (QED) is 0.174. The monoisotopic (exact) mass is 474 g/mol. The zero-order valence-corrected chi connectivity index (χ0v) is 19.0. The SMILES string of the molecule is CCOc1ccc(/C(O)=C2\C(=O)C(=O)N(c3ccc(OC)cc3)[C@H]2c2ccccc2[N+](=O)[O-])cc1. The highest BCUT2D eigenvalue weighted by Gasteiger charge is 2.48. The maximum Gasteiger partial charge on any atom is 0.300 e. The molecule has 0 saturated carbocycles. The number of para-hydroxylation sites is 1. The van der Waals surface area contributed by atoms with Gasteiger partial charge in [0.2, 0.25) is 0 Å². The highest BCUT2D eigenvalue weighted by Crippen LogP contribution is 2.45. The zero-order valence-electron chi connectivity index (χ0n) is 19.0. The van der Waals surface area contributed by atoms with Crippen LogP contribution in [-0.2, 0) is 9.59 Å². The van der Waals surface area contributed by atoms with E-state index in [1.807, 2.05) is 6.92 Å². The van der Waals surface area contributed by atoms with Gasteiger partial charge >= 0.3 is 0 Å². The first-order valence-corrected chi connectivity index (χ1v) is 10.8. The Hall–Kier alpha value is -4.66. The number of hydrogen-bond acceptors (Lipinski definition) is 7. The second-order valence-corrected chi connectivity index (χ2v) is 7.64. The van der Waals surface area contributed by atoms with Gasteiger partial charge in [0.15, 0.2) is 0 Å². The van der Waals surface area contributed by atoms with E-state index in [0.29, 0.717) is 23.8 Å². The molecule has 1 fully saturated rings. The second kappa shape index (κ2) is 9.68. The van der Waals surface area contributed by atoms with Gasteiger partial charge in [-0.15, -0.1) is 0 Å². The topological polar surface area (TPSA) is 119 Å². The van der Waals surface area contributed by atoms with Gasteiger partial charge in [-0.2, -0.15) is 0 Å². The van der Waals surface area contributed by atoms with E-state index in [-0.39, 0.29) is 22.4 Å². The number of nitrogens with zero attached hydrogens (tertiary/aromatic N) is 2. The van der Waals surface area contributed by atoms with Crippen LogP contribution < -0.4 is 14.4 Å². The maximum absolute atomic E-state index is 13.2. The summed E-state index contributed by atoms with van der Waals surface area (Å²) in [6.45, 7) is 2.29. The van der Waals surface area contributed by atoms with Gasteiger partial charge in [0, 0.05) is 17.3 Å². The fourth-order valence-corrected chi connectivity index (χ4v) is 4.05. The van der Waals surface area contributed by atoms with Crippen LogP contribution in [0.4, 0.5) is 11.4 Å². The standard InChI is InChI=1S/C26H22N2O7/c1-3-35-19-12-8-16(9-13-19)24(29)22-23(20-6-4-5-7-21(20)28(32)33)27(26(31)25(22)30)17-10-14-18(34-2)15-11-17/h4-15,23,29H,3H2,1-2H3/b24-22+/t23-/m0/s1. The minimum absolute atomic E-state index is 0.0972. The number of aliphatic hydroxyl groups is 1. The molecule has 1 aliphatic heterocycles. The number of rotatable bonds is 7. The van der Waals surface area contributed by atoms with Gasteiger partial charge in [0.05, 0.1) is 29.8 Å². The molecule has 0 spiro atoms. The first-order chi connectivity index (χ1) is 16.9. The molecule has 3 aromatic carbocycles. The Morgan fingerprint density at radius 3 is 2.23 bits per heavy atom. The number of hydrogen-bond donors (Lipinski definition) is 1. The summed E-state index contributed by atoms with van der Waals surface area (Å²) < 4.78 is 10.6. The zero-order chi connectivity index (χ0) is 25.1. The van der Waals surface area contributed by atoms with Crippen molar-refractivity contribution in [2.75, 3.05) is 18.6 Å². The molecule has 9 nitrogen and oxygen atoms in total. The van der Waals surface area contributed by atoms with Crippen LogP contribution in [-0.4, -0.2) is 35.4 Å². The van der Waals surface area contributed by atoms with Crippen LogP contribution in [0.2, 0.25) is 0 Å². The number of Topliss-reactive ketones (excluding diaryl/α,β-unsaturated/α-hetero) is 1. The molecule has 178 valence electrons. The van der Waals surface area contributed by atoms with Crippen LogP contribution in [0.3, 0.4) is 0 Å². The number of methoxy groups -OCH3 is 1. The molecular formula is C26H22N2O7. The van der Waals surface area contributed by atoms with E-state index in [1.165, 1.54) is 25.3 Å². The molecule has 0 unspecified atom stereocenters. The molecule has 0 aromatic heterocycles. The first-order valence-electron chi connectivity index (χ1n) is 10.8. The Balaban J connectivity index is 1.93. The van der Waals surface area contributed by atoms with Crippen molar-refractivity contribution in [2.45, 2.75) is 13.0 Å². The van der Waals surface area contributed by atoms with Crippen molar-refractivity contribution in [3.8, 4) is 11.5 Å². The van der Waals surface area contributed by atoms with Gasteiger partial charge < -0.3 is 14.6 Å². The smallest absolute Gasteiger partial charge is 0.300 e. The highest BCUT2D eigenvalue weighted by atomic mass is 16.6. The molecule has 9 heteroatoms. The molecule has 1 atom stereocenters. The third-order valence-electron chi connectivity index (χ3n) is 5.66. The lowest BCUT2D eigenvalue weighted by molar-refractivity contribution is -0.385. The number of carbonyl (C=O) groups excluding carboxylic acids is 2. The Morgan fingerprint density at radius 1 is 1.00 bits per heavy atom. The van der Waals surface area contributed by atoms with Crippen LogP contribution in [0.1, 0.15) is 24.1 Å². The summed E-state index contributed by atoms with van der Waals surface area (Å²) in [5, 5.41) is 23.0. The summed E-state index contributed by atoms with van der Waals surface area (Å²) >= 11 is 0. The summed E-state index contributed by atoms with van der Waals surface area (Å²) in [7, 11) is 1.49. The second-order valence-electron chi connectivity index (χ2n) is 7.64. The van der Waals surface area contributed by atoms with Gasteiger partial charge in [-0.3, -0.25) is 24.6 Å². The largest absolute Gasteiger partial charge is 0.507 e. The van der Waals surface area contributed by atoms with Gasteiger partial charge in [-0.1, -0.05) is 12.1 Å². The minimum Gasteiger partial charge on any atom is -0.507 e. The van der Waals surface area contributed by atoms with E-state index >= 15 is 0 Å². The Morgan fingerprint density at radius 2 is 1.63 bits per heavy atom. The highest BCUT2D eigenvalue weighted by molar-refractivity contribution is 6.51. The average Bonchev–Trinajstić information content (AvgIpc) is 3.14. The molecule has 35 heavy (non-hydrogen) atoms. The molecule has 1 aliphatic rings. The van der Waals surface area contributed by atoms with Crippen molar-refractivity contribution >= 4 is 28.8 Å². The normalized spacial score (nSPS) is 16.9. The summed E-state index contributed by atoms with van der Waals surface area (Å²) in [6.07, 6.45) is 0. The predicted molar refractivity (Wildman–Crippen MR) is 128 cm³/mol. The van der Waals surface area contributed by atoms with Crippen LogP contribution in [0.5, 0.6) is 11.5 Å². The molecular weight excluding hydrogens is 452 g/mol. The summed E-state index contributed by atoms with van der Waals surface area (Å²) in [5.74, 6) is -1.20. The summed E-state index contributed by atoms with van der Waals surface area (Å²) in [6, 6.07) is 17.3. The number of anilines is 1. The maximum atomic E-state index is 13.2. The Labute approximate surface area is 201 Å². The number of aliphatic hydroxyl groups excluding tert-OH is 1. The fraction of sp³-hybridized carbons (Fsp3) is 0.154.